The van der Waals surface area contributed by atoms with Gasteiger partial charge in [-0.3, -0.25) is 9.59 Å². The van der Waals surface area contributed by atoms with Crippen LogP contribution in [0.5, 0.6) is 5.75 Å². The molecule has 0 saturated heterocycles. The summed E-state index contributed by atoms with van der Waals surface area (Å²) in [5.74, 6) is -0.774. The first-order chi connectivity index (χ1) is 15.9. The second-order valence-corrected chi connectivity index (χ2v) is 7.63. The first kappa shape index (κ1) is 22.2. The topological polar surface area (TPSA) is 73.2 Å². The molecule has 166 valence electrons. The fraction of sp³-hybridized carbons (Fsp3) is 0.0800. The van der Waals surface area contributed by atoms with Crippen molar-refractivity contribution in [2.45, 2.75) is 6.92 Å². The van der Waals surface area contributed by atoms with Crippen LogP contribution in [0.25, 0.3) is 16.8 Å². The molecule has 1 N–H and O–H groups in total. The second-order valence-electron chi connectivity index (χ2n) is 7.19. The van der Waals surface area contributed by atoms with Crippen molar-refractivity contribution in [3.63, 3.8) is 0 Å². The number of carbonyl (C=O) groups is 1. The number of ether oxygens (including phenoxy) is 1. The Morgan fingerprint density at radius 3 is 2.48 bits per heavy atom. The number of nitrogens with one attached hydrogen (secondary N) is 1. The molecule has 0 radical (unpaired) electrons. The highest BCUT2D eigenvalue weighted by Gasteiger charge is 2.22. The van der Waals surface area contributed by atoms with Gasteiger partial charge in [0.2, 0.25) is 5.43 Å². The van der Waals surface area contributed by atoms with E-state index in [1.54, 1.807) is 61.5 Å². The summed E-state index contributed by atoms with van der Waals surface area (Å²) in [6, 6.07) is 19.2. The maximum atomic E-state index is 14.3. The number of amides is 1. The van der Waals surface area contributed by atoms with Crippen molar-refractivity contribution in [2.24, 2.45) is 0 Å². The van der Waals surface area contributed by atoms with Crippen LogP contribution in [0.4, 0.5) is 10.2 Å². The molecule has 0 aliphatic carbocycles. The van der Waals surface area contributed by atoms with E-state index in [-0.39, 0.29) is 28.1 Å². The second kappa shape index (κ2) is 9.26. The zero-order chi connectivity index (χ0) is 23.5. The summed E-state index contributed by atoms with van der Waals surface area (Å²) < 4.78 is 21.0. The lowest BCUT2D eigenvalue weighted by Crippen LogP contribution is -2.25. The van der Waals surface area contributed by atoms with Gasteiger partial charge < -0.3 is 10.1 Å². The van der Waals surface area contributed by atoms with Gasteiger partial charge in [-0.15, -0.1) is 0 Å². The molecule has 0 saturated carbocycles. The highest BCUT2D eigenvalue weighted by atomic mass is 35.5. The maximum Gasteiger partial charge on any atom is 0.259 e. The number of nitrogens with zero attached hydrogens (tertiary/aromatic N) is 2. The van der Waals surface area contributed by atoms with E-state index in [0.717, 1.165) is 0 Å². The van der Waals surface area contributed by atoms with Gasteiger partial charge in [0, 0.05) is 5.02 Å². The van der Waals surface area contributed by atoms with E-state index in [4.69, 9.17) is 16.3 Å². The summed E-state index contributed by atoms with van der Waals surface area (Å²) in [5.41, 5.74) is 0.932. The number of halogens is 2. The Morgan fingerprint density at radius 2 is 1.79 bits per heavy atom. The molecule has 0 spiro atoms. The van der Waals surface area contributed by atoms with Gasteiger partial charge in [-0.05, 0) is 61.0 Å². The molecule has 0 atom stereocenters. The summed E-state index contributed by atoms with van der Waals surface area (Å²) in [5, 5.41) is 7.61. The Hall–Kier alpha value is -3.97. The SMILES string of the molecule is COc1cccc(-c2c(NC(=O)c3ccccc3F)n(-c3ccc(Cl)cc3)nc(C)c2=O)c1. The highest BCUT2D eigenvalue weighted by Crippen LogP contribution is 2.30. The molecule has 0 fully saturated rings. The number of benzene rings is 3. The predicted molar refractivity (Wildman–Crippen MR) is 126 cm³/mol. The summed E-state index contributed by atoms with van der Waals surface area (Å²) in [6.07, 6.45) is 0. The van der Waals surface area contributed by atoms with E-state index in [0.29, 0.717) is 22.0 Å². The van der Waals surface area contributed by atoms with Crippen molar-refractivity contribution in [2.75, 3.05) is 12.4 Å². The molecule has 8 heteroatoms. The molecule has 1 aromatic heterocycles. The Kier molecular flexibility index (Phi) is 6.24. The number of hydrogen-bond acceptors (Lipinski definition) is 4. The average molecular weight is 464 g/mol. The molecule has 0 bridgehead atoms. The molecular formula is C25H19ClFN3O3. The van der Waals surface area contributed by atoms with Gasteiger partial charge in [0.25, 0.3) is 5.91 Å². The van der Waals surface area contributed by atoms with E-state index in [1.165, 1.54) is 30.0 Å². The first-order valence-corrected chi connectivity index (χ1v) is 10.4. The number of anilines is 1. The quantitative estimate of drug-likeness (QED) is 0.438. The van der Waals surface area contributed by atoms with Crippen LogP contribution in [-0.4, -0.2) is 22.8 Å². The monoisotopic (exact) mass is 463 g/mol. The molecule has 0 aliphatic heterocycles. The zero-order valence-electron chi connectivity index (χ0n) is 17.8. The fourth-order valence-corrected chi connectivity index (χ4v) is 3.52. The average Bonchev–Trinajstić information content (AvgIpc) is 2.82. The smallest absolute Gasteiger partial charge is 0.259 e. The predicted octanol–water partition coefficient (Wildman–Crippen LogP) is 5.26. The Balaban J connectivity index is 1.98. The number of hydrogen-bond donors (Lipinski definition) is 1. The molecule has 1 heterocycles. The molecule has 1 amide bonds. The number of rotatable bonds is 5. The van der Waals surface area contributed by atoms with Crippen molar-refractivity contribution in [3.8, 4) is 22.6 Å². The zero-order valence-corrected chi connectivity index (χ0v) is 18.6. The van der Waals surface area contributed by atoms with E-state index in [2.05, 4.69) is 10.4 Å². The normalized spacial score (nSPS) is 10.7. The molecule has 0 unspecified atom stereocenters. The van der Waals surface area contributed by atoms with Crippen molar-refractivity contribution >= 4 is 23.3 Å². The summed E-state index contributed by atoms with van der Waals surface area (Å²) in [7, 11) is 1.52. The van der Waals surface area contributed by atoms with Crippen LogP contribution in [0.3, 0.4) is 0 Å². The van der Waals surface area contributed by atoms with Crippen LogP contribution in [0.2, 0.25) is 5.02 Å². The van der Waals surface area contributed by atoms with Crippen molar-refractivity contribution in [1.82, 2.24) is 9.78 Å². The standard InChI is InChI=1S/C25H19ClFN3O3/c1-15-23(31)22(16-6-5-7-19(14-16)33-2)24(28-25(32)20-8-3-4-9-21(20)27)30(29-15)18-12-10-17(26)11-13-18/h3-14H,1-2H3,(H,28,32). The van der Waals surface area contributed by atoms with Crippen molar-refractivity contribution in [1.29, 1.82) is 0 Å². The molecular weight excluding hydrogens is 445 g/mol. The van der Waals surface area contributed by atoms with Crippen molar-refractivity contribution < 1.29 is 13.9 Å². The number of carbonyl (C=O) groups excluding carboxylic acids is 1. The van der Waals surface area contributed by atoms with Gasteiger partial charge in [-0.2, -0.15) is 5.10 Å². The lowest BCUT2D eigenvalue weighted by Gasteiger charge is -2.19. The first-order valence-electron chi connectivity index (χ1n) is 9.99. The lowest BCUT2D eigenvalue weighted by molar-refractivity contribution is 0.102. The summed E-state index contributed by atoms with van der Waals surface area (Å²) in [4.78, 5) is 26.3. The molecule has 4 rings (SSSR count). The van der Waals surface area contributed by atoms with E-state index >= 15 is 0 Å². The fourth-order valence-electron chi connectivity index (χ4n) is 3.39. The Bertz CT molecular complexity index is 1400. The maximum absolute atomic E-state index is 14.3. The van der Waals surface area contributed by atoms with Crippen LogP contribution >= 0.6 is 11.6 Å². The Labute approximate surface area is 194 Å². The van der Waals surface area contributed by atoms with Crippen LogP contribution in [0.15, 0.2) is 77.6 Å². The lowest BCUT2D eigenvalue weighted by atomic mass is 10.0. The molecule has 4 aromatic rings. The molecule has 0 aliphatic rings. The van der Waals surface area contributed by atoms with Crippen LogP contribution in [0.1, 0.15) is 16.1 Å². The minimum atomic E-state index is -0.718. The third-order valence-electron chi connectivity index (χ3n) is 5.03. The summed E-state index contributed by atoms with van der Waals surface area (Å²) in [6.45, 7) is 1.58. The largest absolute Gasteiger partial charge is 0.497 e. The van der Waals surface area contributed by atoms with E-state index in [9.17, 15) is 14.0 Å². The van der Waals surface area contributed by atoms with Gasteiger partial charge in [0.05, 0.1) is 23.9 Å². The Morgan fingerprint density at radius 1 is 1.06 bits per heavy atom. The highest BCUT2D eigenvalue weighted by molar-refractivity contribution is 6.30. The number of methoxy groups -OCH3 is 1. The van der Waals surface area contributed by atoms with Crippen LogP contribution in [-0.2, 0) is 0 Å². The van der Waals surface area contributed by atoms with Gasteiger partial charge in [0.1, 0.15) is 23.1 Å². The van der Waals surface area contributed by atoms with Gasteiger partial charge >= 0.3 is 0 Å². The molecule has 6 nitrogen and oxygen atoms in total. The molecule has 3 aromatic carbocycles. The van der Waals surface area contributed by atoms with Crippen molar-refractivity contribution in [3.05, 3.63) is 105 Å². The van der Waals surface area contributed by atoms with Gasteiger partial charge in [-0.25, -0.2) is 9.07 Å². The third kappa shape index (κ3) is 4.49. The minimum absolute atomic E-state index is 0.0921. The van der Waals surface area contributed by atoms with Crippen LogP contribution in [0, 0.1) is 12.7 Å². The van der Waals surface area contributed by atoms with E-state index < -0.39 is 11.7 Å². The number of aromatic nitrogens is 2. The number of aryl methyl sites for hydroxylation is 1. The van der Waals surface area contributed by atoms with Gasteiger partial charge in [-0.1, -0.05) is 35.9 Å². The van der Waals surface area contributed by atoms with E-state index in [1.807, 2.05) is 0 Å². The third-order valence-corrected chi connectivity index (χ3v) is 5.29. The minimum Gasteiger partial charge on any atom is -0.497 e. The summed E-state index contributed by atoms with van der Waals surface area (Å²) >= 11 is 6.03. The molecule has 33 heavy (non-hydrogen) atoms. The van der Waals surface area contributed by atoms with Gasteiger partial charge in [0.15, 0.2) is 0 Å². The van der Waals surface area contributed by atoms with Crippen LogP contribution < -0.4 is 15.5 Å².